The monoisotopic (exact) mass is 154 g/mol. The first-order valence-corrected chi connectivity index (χ1v) is 3.07. The van der Waals surface area contributed by atoms with Crippen molar-refractivity contribution < 1.29 is 9.84 Å². The van der Waals surface area contributed by atoms with Crippen LogP contribution < -0.4 is 16.2 Å². The summed E-state index contributed by atoms with van der Waals surface area (Å²) in [5, 5.41) is 9.00. The Bertz CT molecular complexity index is 250. The van der Waals surface area contributed by atoms with Crippen LogP contribution in [0.3, 0.4) is 0 Å². The van der Waals surface area contributed by atoms with Crippen molar-refractivity contribution in [2.75, 3.05) is 18.6 Å². The molecule has 5 N–H and O–H groups in total. The highest BCUT2D eigenvalue weighted by Gasteiger charge is 2.04. The molecule has 0 fully saturated rings. The number of aromatic hydroxyl groups is 1. The quantitative estimate of drug-likeness (QED) is 0.516. The molecule has 0 aromatic heterocycles. The Morgan fingerprint density at radius 1 is 1.27 bits per heavy atom. The van der Waals surface area contributed by atoms with E-state index in [4.69, 9.17) is 21.3 Å². The van der Waals surface area contributed by atoms with Crippen LogP contribution >= 0.6 is 0 Å². The minimum atomic E-state index is 0.0424. The van der Waals surface area contributed by atoms with Gasteiger partial charge in [-0.15, -0.1) is 0 Å². The van der Waals surface area contributed by atoms with Gasteiger partial charge in [-0.25, -0.2) is 0 Å². The number of ether oxygens (including phenoxy) is 1. The van der Waals surface area contributed by atoms with Gasteiger partial charge in [-0.05, 0) is 0 Å². The van der Waals surface area contributed by atoms with E-state index in [1.165, 1.54) is 19.2 Å². The van der Waals surface area contributed by atoms with Crippen molar-refractivity contribution in [1.82, 2.24) is 0 Å². The fourth-order valence-electron chi connectivity index (χ4n) is 0.894. The van der Waals surface area contributed by atoms with E-state index in [0.717, 1.165) is 0 Å². The molecule has 0 saturated heterocycles. The molecule has 0 aliphatic heterocycles. The van der Waals surface area contributed by atoms with E-state index in [9.17, 15) is 0 Å². The number of phenols is 1. The average molecular weight is 154 g/mol. The van der Waals surface area contributed by atoms with E-state index >= 15 is 0 Å². The Labute approximate surface area is 64.4 Å². The summed E-state index contributed by atoms with van der Waals surface area (Å²) < 4.78 is 4.87. The van der Waals surface area contributed by atoms with E-state index in [1.807, 2.05) is 0 Å². The summed E-state index contributed by atoms with van der Waals surface area (Å²) in [4.78, 5) is 0. The summed E-state index contributed by atoms with van der Waals surface area (Å²) in [6.45, 7) is 0. The molecule has 0 radical (unpaired) electrons. The van der Waals surface area contributed by atoms with Gasteiger partial charge in [0, 0.05) is 12.1 Å². The first-order chi connectivity index (χ1) is 5.15. The lowest BCUT2D eigenvalue weighted by molar-refractivity contribution is 0.417. The minimum absolute atomic E-state index is 0.0424. The van der Waals surface area contributed by atoms with Gasteiger partial charge in [-0.2, -0.15) is 0 Å². The van der Waals surface area contributed by atoms with Gasteiger partial charge in [-0.3, -0.25) is 0 Å². The second-order valence-corrected chi connectivity index (χ2v) is 2.16. The number of nitrogen functional groups attached to an aromatic ring is 2. The fourth-order valence-corrected chi connectivity index (χ4v) is 0.894. The zero-order chi connectivity index (χ0) is 8.43. The normalized spacial score (nSPS) is 9.55. The van der Waals surface area contributed by atoms with Gasteiger partial charge in [0.1, 0.15) is 5.75 Å². The molecule has 0 saturated carbocycles. The predicted molar refractivity (Wildman–Crippen MR) is 43.5 cm³/mol. The number of rotatable bonds is 1. The highest BCUT2D eigenvalue weighted by molar-refractivity contribution is 5.69. The number of hydrogen-bond donors (Lipinski definition) is 3. The van der Waals surface area contributed by atoms with Crippen LogP contribution in [0.5, 0.6) is 11.5 Å². The highest BCUT2D eigenvalue weighted by atomic mass is 16.5. The van der Waals surface area contributed by atoms with Crippen LogP contribution in [0.15, 0.2) is 12.1 Å². The molecule has 0 aliphatic rings. The molecule has 0 atom stereocenters. The second-order valence-electron chi connectivity index (χ2n) is 2.16. The Morgan fingerprint density at radius 3 is 2.09 bits per heavy atom. The largest absolute Gasteiger partial charge is 0.508 e. The third-order valence-electron chi connectivity index (χ3n) is 1.34. The van der Waals surface area contributed by atoms with E-state index < -0.39 is 0 Å². The average Bonchev–Trinajstić information content (AvgIpc) is 1.85. The summed E-state index contributed by atoms with van der Waals surface area (Å²) in [6.07, 6.45) is 0. The summed E-state index contributed by atoms with van der Waals surface area (Å²) in [7, 11) is 1.47. The topological polar surface area (TPSA) is 81.5 Å². The molecule has 0 heterocycles. The summed E-state index contributed by atoms with van der Waals surface area (Å²) in [5.74, 6) is 0.448. The van der Waals surface area contributed by atoms with E-state index in [2.05, 4.69) is 0 Å². The maximum atomic E-state index is 9.00. The zero-order valence-electron chi connectivity index (χ0n) is 6.16. The molecule has 4 heteroatoms. The Kier molecular flexibility index (Phi) is 1.76. The van der Waals surface area contributed by atoms with Crippen molar-refractivity contribution in [3.05, 3.63) is 12.1 Å². The van der Waals surface area contributed by atoms with Crippen LogP contribution in [0.4, 0.5) is 11.4 Å². The van der Waals surface area contributed by atoms with Crippen molar-refractivity contribution in [2.45, 2.75) is 0 Å². The molecule has 11 heavy (non-hydrogen) atoms. The van der Waals surface area contributed by atoms with E-state index in [1.54, 1.807) is 0 Å². The molecule has 0 unspecified atom stereocenters. The molecular formula is C7H10N2O2. The minimum Gasteiger partial charge on any atom is -0.508 e. The molecule has 0 spiro atoms. The number of nitrogens with two attached hydrogens (primary N) is 2. The first kappa shape index (κ1) is 7.53. The molecule has 1 aromatic rings. The summed E-state index contributed by atoms with van der Waals surface area (Å²) in [5.41, 5.74) is 11.6. The van der Waals surface area contributed by atoms with Crippen LogP contribution in [0, 0.1) is 0 Å². The van der Waals surface area contributed by atoms with Gasteiger partial charge >= 0.3 is 0 Å². The maximum Gasteiger partial charge on any atom is 0.164 e. The Morgan fingerprint density at radius 2 is 1.73 bits per heavy atom. The number of phenolic OH excluding ortho intramolecular Hbond substituents is 1. The number of anilines is 2. The molecule has 0 amide bonds. The van der Waals surface area contributed by atoms with Crippen LogP contribution in [0.1, 0.15) is 0 Å². The van der Waals surface area contributed by atoms with Crippen molar-refractivity contribution in [3.8, 4) is 11.5 Å². The lowest BCUT2D eigenvalue weighted by Crippen LogP contribution is -1.96. The number of methoxy groups -OCH3 is 1. The van der Waals surface area contributed by atoms with Crippen molar-refractivity contribution in [3.63, 3.8) is 0 Å². The van der Waals surface area contributed by atoms with Crippen molar-refractivity contribution >= 4 is 11.4 Å². The predicted octanol–water partition coefficient (Wildman–Crippen LogP) is 0.565. The molecule has 1 rings (SSSR count). The van der Waals surface area contributed by atoms with Gasteiger partial charge in [0.25, 0.3) is 0 Å². The van der Waals surface area contributed by atoms with Crippen molar-refractivity contribution in [2.24, 2.45) is 0 Å². The molecular weight excluding hydrogens is 144 g/mol. The van der Waals surface area contributed by atoms with Crippen LogP contribution in [-0.4, -0.2) is 12.2 Å². The lowest BCUT2D eigenvalue weighted by Gasteiger charge is -2.07. The maximum absolute atomic E-state index is 9.00. The van der Waals surface area contributed by atoms with Crippen LogP contribution in [0.2, 0.25) is 0 Å². The van der Waals surface area contributed by atoms with Gasteiger partial charge < -0.3 is 21.3 Å². The SMILES string of the molecule is COc1c(N)cc(O)cc1N. The molecule has 4 nitrogen and oxygen atoms in total. The standard InChI is InChI=1S/C7H10N2O2/c1-11-7-5(8)2-4(10)3-6(7)9/h2-3,10H,8-9H2,1H3. The Balaban J connectivity index is 3.25. The third-order valence-corrected chi connectivity index (χ3v) is 1.34. The molecule has 1 aromatic carbocycles. The summed E-state index contributed by atoms with van der Waals surface area (Å²) >= 11 is 0. The lowest BCUT2D eigenvalue weighted by atomic mass is 10.2. The van der Waals surface area contributed by atoms with E-state index in [-0.39, 0.29) is 5.75 Å². The highest BCUT2D eigenvalue weighted by Crippen LogP contribution is 2.32. The first-order valence-electron chi connectivity index (χ1n) is 3.07. The number of hydrogen-bond acceptors (Lipinski definition) is 4. The molecule has 0 aliphatic carbocycles. The van der Waals surface area contributed by atoms with Crippen molar-refractivity contribution in [1.29, 1.82) is 0 Å². The van der Waals surface area contributed by atoms with Gasteiger partial charge in [0.15, 0.2) is 5.75 Å². The van der Waals surface area contributed by atoms with Crippen LogP contribution in [-0.2, 0) is 0 Å². The smallest absolute Gasteiger partial charge is 0.164 e. The summed E-state index contributed by atoms with van der Waals surface area (Å²) in [6, 6.07) is 2.77. The number of benzene rings is 1. The fraction of sp³-hybridized carbons (Fsp3) is 0.143. The molecule has 60 valence electrons. The van der Waals surface area contributed by atoms with Gasteiger partial charge in [0.2, 0.25) is 0 Å². The second kappa shape index (κ2) is 2.57. The van der Waals surface area contributed by atoms with Gasteiger partial charge in [0.05, 0.1) is 18.5 Å². The molecule has 0 bridgehead atoms. The van der Waals surface area contributed by atoms with Gasteiger partial charge in [-0.1, -0.05) is 0 Å². The third kappa shape index (κ3) is 1.29. The zero-order valence-corrected chi connectivity index (χ0v) is 6.16. The van der Waals surface area contributed by atoms with Crippen LogP contribution in [0.25, 0.3) is 0 Å². The van der Waals surface area contributed by atoms with E-state index in [0.29, 0.717) is 17.1 Å². The Hall–Kier alpha value is -1.58.